The Morgan fingerprint density at radius 3 is 2.76 bits per heavy atom. The quantitative estimate of drug-likeness (QED) is 0.897. The first-order valence-electron chi connectivity index (χ1n) is 7.13. The van der Waals surface area contributed by atoms with E-state index in [4.69, 9.17) is 16.3 Å². The number of ether oxygens (including phenoxy) is 1. The van der Waals surface area contributed by atoms with Gasteiger partial charge in [0.2, 0.25) is 0 Å². The van der Waals surface area contributed by atoms with Crippen LogP contribution in [0, 0.1) is 0 Å². The van der Waals surface area contributed by atoms with Crippen molar-refractivity contribution in [1.82, 2.24) is 0 Å². The van der Waals surface area contributed by atoms with Gasteiger partial charge < -0.3 is 14.7 Å². The fourth-order valence-corrected chi connectivity index (χ4v) is 2.87. The van der Waals surface area contributed by atoms with Gasteiger partial charge in [0, 0.05) is 6.54 Å². The van der Waals surface area contributed by atoms with E-state index in [2.05, 4.69) is 4.90 Å². The van der Waals surface area contributed by atoms with E-state index in [1.165, 1.54) is 0 Å². The van der Waals surface area contributed by atoms with Crippen molar-refractivity contribution in [2.24, 2.45) is 0 Å². The van der Waals surface area contributed by atoms with Crippen LogP contribution in [-0.2, 0) is 0 Å². The van der Waals surface area contributed by atoms with Crippen molar-refractivity contribution < 1.29 is 9.84 Å². The van der Waals surface area contributed by atoms with Crippen molar-refractivity contribution in [3.05, 3.63) is 53.1 Å². The summed E-state index contributed by atoms with van der Waals surface area (Å²) < 4.78 is 5.78. The van der Waals surface area contributed by atoms with Gasteiger partial charge in [-0.2, -0.15) is 0 Å². The van der Waals surface area contributed by atoms with Crippen molar-refractivity contribution in [2.75, 3.05) is 18.1 Å². The predicted octanol–water partition coefficient (Wildman–Crippen LogP) is 4.31. The summed E-state index contributed by atoms with van der Waals surface area (Å²) in [5.74, 6) is 0.880. The Hall–Kier alpha value is -1.71. The van der Waals surface area contributed by atoms with E-state index in [1.807, 2.05) is 42.5 Å². The molecule has 0 saturated heterocycles. The number of nitrogens with zero attached hydrogens (tertiary/aromatic N) is 1. The Bertz CT molecular complexity index is 642. The fraction of sp³-hybridized carbons (Fsp3) is 0.294. The van der Waals surface area contributed by atoms with Crippen molar-refractivity contribution in [2.45, 2.75) is 19.4 Å². The minimum atomic E-state index is -0.517. The normalized spacial score (nSPS) is 15.9. The standard InChI is InChI=1S/C17H18ClNO2/c1-12(20)13-7-8-15(14(18)11-13)19-9-4-10-21-17-6-3-2-5-16(17)19/h2-3,5-8,11-12,20H,4,9-10H2,1H3. The third-order valence-corrected chi connectivity index (χ3v) is 3.99. The van der Waals surface area contributed by atoms with Crippen LogP contribution < -0.4 is 9.64 Å². The summed E-state index contributed by atoms with van der Waals surface area (Å²) in [7, 11) is 0. The summed E-state index contributed by atoms with van der Waals surface area (Å²) in [6, 6.07) is 13.7. The van der Waals surface area contributed by atoms with Crippen molar-refractivity contribution in [3.63, 3.8) is 0 Å². The summed E-state index contributed by atoms with van der Waals surface area (Å²) in [4.78, 5) is 2.18. The number of anilines is 2. The lowest BCUT2D eigenvalue weighted by Crippen LogP contribution is -2.18. The first kappa shape index (κ1) is 14.2. The highest BCUT2D eigenvalue weighted by molar-refractivity contribution is 6.33. The molecule has 1 aliphatic rings. The second-order valence-electron chi connectivity index (χ2n) is 5.21. The highest BCUT2D eigenvalue weighted by atomic mass is 35.5. The number of rotatable bonds is 2. The summed E-state index contributed by atoms with van der Waals surface area (Å²) in [5.41, 5.74) is 2.80. The van der Waals surface area contributed by atoms with Gasteiger partial charge >= 0.3 is 0 Å². The van der Waals surface area contributed by atoms with E-state index in [1.54, 1.807) is 6.92 Å². The van der Waals surface area contributed by atoms with Crippen molar-refractivity contribution in [3.8, 4) is 5.75 Å². The molecule has 0 bridgehead atoms. The molecule has 0 amide bonds. The molecule has 3 rings (SSSR count). The highest BCUT2D eigenvalue weighted by Crippen LogP contribution is 2.39. The molecule has 0 saturated carbocycles. The minimum absolute atomic E-state index is 0.517. The highest BCUT2D eigenvalue weighted by Gasteiger charge is 2.19. The van der Waals surface area contributed by atoms with Crippen LogP contribution in [0.1, 0.15) is 25.0 Å². The largest absolute Gasteiger partial charge is 0.491 e. The maximum Gasteiger partial charge on any atom is 0.142 e. The van der Waals surface area contributed by atoms with E-state index in [0.29, 0.717) is 11.6 Å². The zero-order valence-corrected chi connectivity index (χ0v) is 12.7. The van der Waals surface area contributed by atoms with Crippen LogP contribution in [-0.4, -0.2) is 18.3 Å². The lowest BCUT2D eigenvalue weighted by atomic mass is 10.1. The first-order valence-corrected chi connectivity index (χ1v) is 7.51. The molecular weight excluding hydrogens is 286 g/mol. The van der Waals surface area contributed by atoms with Crippen LogP contribution in [0.3, 0.4) is 0 Å². The van der Waals surface area contributed by atoms with Gasteiger partial charge in [-0.05, 0) is 43.2 Å². The lowest BCUT2D eigenvalue weighted by molar-refractivity contribution is 0.199. The maximum absolute atomic E-state index is 9.66. The molecule has 0 aliphatic carbocycles. The summed E-state index contributed by atoms with van der Waals surface area (Å²) in [6.07, 6.45) is 0.416. The molecular formula is C17H18ClNO2. The molecule has 3 nitrogen and oxygen atoms in total. The van der Waals surface area contributed by atoms with E-state index in [-0.39, 0.29) is 0 Å². The van der Waals surface area contributed by atoms with Crippen molar-refractivity contribution >= 4 is 23.0 Å². The fourth-order valence-electron chi connectivity index (χ4n) is 2.58. The van der Waals surface area contributed by atoms with Gasteiger partial charge in [0.15, 0.2) is 0 Å². The molecule has 2 aromatic carbocycles. The number of aliphatic hydroxyl groups is 1. The zero-order valence-electron chi connectivity index (χ0n) is 11.9. The molecule has 110 valence electrons. The predicted molar refractivity (Wildman–Crippen MR) is 85.6 cm³/mol. The van der Waals surface area contributed by atoms with Crippen LogP contribution in [0.15, 0.2) is 42.5 Å². The van der Waals surface area contributed by atoms with Crippen LogP contribution in [0.25, 0.3) is 0 Å². The van der Waals surface area contributed by atoms with Gasteiger partial charge in [-0.1, -0.05) is 29.8 Å². The second kappa shape index (κ2) is 5.96. The monoisotopic (exact) mass is 303 g/mol. The van der Waals surface area contributed by atoms with E-state index in [0.717, 1.165) is 35.7 Å². The summed E-state index contributed by atoms with van der Waals surface area (Å²) in [6.45, 7) is 3.29. The molecule has 1 heterocycles. The molecule has 0 aromatic heterocycles. The molecule has 0 radical (unpaired) electrons. The molecule has 0 spiro atoms. The van der Waals surface area contributed by atoms with Crippen LogP contribution in [0.2, 0.25) is 5.02 Å². The number of aliphatic hydroxyl groups excluding tert-OH is 1. The van der Waals surface area contributed by atoms with Gasteiger partial charge in [0.25, 0.3) is 0 Å². The molecule has 1 unspecified atom stereocenters. The summed E-state index contributed by atoms with van der Waals surface area (Å²) in [5, 5.41) is 10.3. The molecule has 1 atom stereocenters. The number of halogens is 1. The van der Waals surface area contributed by atoms with Crippen LogP contribution >= 0.6 is 11.6 Å². The molecule has 21 heavy (non-hydrogen) atoms. The van der Waals surface area contributed by atoms with Gasteiger partial charge in [-0.15, -0.1) is 0 Å². The lowest BCUT2D eigenvalue weighted by Gasteiger charge is -2.25. The van der Waals surface area contributed by atoms with E-state index >= 15 is 0 Å². The average Bonchev–Trinajstić information content (AvgIpc) is 2.69. The molecule has 4 heteroatoms. The smallest absolute Gasteiger partial charge is 0.142 e. The Balaban J connectivity index is 2.04. The van der Waals surface area contributed by atoms with Crippen LogP contribution in [0.5, 0.6) is 5.75 Å². The van der Waals surface area contributed by atoms with E-state index in [9.17, 15) is 5.11 Å². The topological polar surface area (TPSA) is 32.7 Å². The van der Waals surface area contributed by atoms with Gasteiger partial charge in [-0.25, -0.2) is 0 Å². The average molecular weight is 304 g/mol. The third kappa shape index (κ3) is 2.85. The Morgan fingerprint density at radius 2 is 2.00 bits per heavy atom. The van der Waals surface area contributed by atoms with Crippen LogP contribution in [0.4, 0.5) is 11.4 Å². The number of hydrogen-bond donors (Lipinski definition) is 1. The minimum Gasteiger partial charge on any atom is -0.491 e. The Morgan fingerprint density at radius 1 is 1.19 bits per heavy atom. The Labute approximate surface area is 129 Å². The maximum atomic E-state index is 9.66. The number of para-hydroxylation sites is 2. The zero-order chi connectivity index (χ0) is 14.8. The summed E-state index contributed by atoms with van der Waals surface area (Å²) >= 11 is 6.43. The first-order chi connectivity index (χ1) is 10.2. The van der Waals surface area contributed by atoms with Gasteiger partial charge in [-0.3, -0.25) is 0 Å². The van der Waals surface area contributed by atoms with Crippen molar-refractivity contribution in [1.29, 1.82) is 0 Å². The third-order valence-electron chi connectivity index (χ3n) is 3.68. The van der Waals surface area contributed by atoms with Gasteiger partial charge in [0.05, 0.1) is 29.1 Å². The second-order valence-corrected chi connectivity index (χ2v) is 5.62. The number of benzene rings is 2. The van der Waals surface area contributed by atoms with E-state index < -0.39 is 6.10 Å². The number of hydrogen-bond acceptors (Lipinski definition) is 3. The molecule has 1 aliphatic heterocycles. The van der Waals surface area contributed by atoms with Gasteiger partial charge in [0.1, 0.15) is 5.75 Å². The Kier molecular flexibility index (Phi) is 4.04. The number of fused-ring (bicyclic) bond motifs is 1. The SMILES string of the molecule is CC(O)c1ccc(N2CCCOc3ccccc32)c(Cl)c1. The molecule has 2 aromatic rings. The molecule has 0 fully saturated rings. The molecule has 1 N–H and O–H groups in total.